The van der Waals surface area contributed by atoms with Crippen LogP contribution in [0.5, 0.6) is 11.5 Å². The van der Waals surface area contributed by atoms with E-state index in [1.807, 2.05) is 31.2 Å². The van der Waals surface area contributed by atoms with Crippen LogP contribution in [0.4, 0.5) is 11.4 Å². The van der Waals surface area contributed by atoms with Crippen LogP contribution in [0.2, 0.25) is 5.02 Å². The first-order valence-electron chi connectivity index (χ1n) is 13.6. The van der Waals surface area contributed by atoms with E-state index in [4.69, 9.17) is 21.1 Å². The van der Waals surface area contributed by atoms with Crippen LogP contribution in [-0.4, -0.2) is 41.7 Å². The first-order valence-corrected chi connectivity index (χ1v) is 13.9. The zero-order valence-electron chi connectivity index (χ0n) is 23.1. The van der Waals surface area contributed by atoms with E-state index in [0.717, 1.165) is 11.1 Å². The molecule has 0 saturated carbocycles. The fourth-order valence-electron chi connectivity index (χ4n) is 5.23. The number of para-hydroxylation sites is 1. The van der Waals surface area contributed by atoms with Crippen LogP contribution in [0.25, 0.3) is 0 Å². The summed E-state index contributed by atoms with van der Waals surface area (Å²) in [6, 6.07) is 24.6. The Morgan fingerprint density at radius 1 is 0.930 bits per heavy atom. The Labute approximate surface area is 252 Å². The minimum atomic E-state index is -1.13. The van der Waals surface area contributed by atoms with Crippen molar-refractivity contribution < 1.29 is 28.7 Å². The SMILES string of the molecule is Cc1ccccc1CN(C(=O)CN1C(=O)C(=O)c2ccccc21)[C@@H](C(=O)Nc1ccc2c(c1)OCO2)c1ccc(Cl)cc1. The molecule has 10 heteroatoms. The zero-order chi connectivity index (χ0) is 30.1. The number of hydrogen-bond donors (Lipinski definition) is 1. The number of ketones is 1. The lowest BCUT2D eigenvalue weighted by atomic mass is 10.0. The Kier molecular flexibility index (Phi) is 7.56. The van der Waals surface area contributed by atoms with E-state index in [1.54, 1.807) is 66.7 Å². The molecule has 0 aromatic heterocycles. The van der Waals surface area contributed by atoms with Crippen LogP contribution in [0.15, 0.2) is 91.0 Å². The molecule has 2 aliphatic rings. The van der Waals surface area contributed by atoms with Crippen LogP contribution in [-0.2, 0) is 20.9 Å². The summed E-state index contributed by atoms with van der Waals surface area (Å²) in [5, 5.41) is 3.38. The standard InChI is InChI=1S/C33H26ClN3O6/c1-20-6-2-3-7-22(20)17-37(29(38)18-36-26-9-5-4-8-25(26)31(39)33(36)41)30(21-10-12-23(34)13-11-21)32(40)35-24-14-15-27-28(16-24)43-19-42-27/h2-16,30H,17-19H2,1H3,(H,35,40)/t30-/m1/s1. The Morgan fingerprint density at radius 2 is 1.65 bits per heavy atom. The smallest absolute Gasteiger partial charge is 0.299 e. The number of Topliss-reactive ketones (excluding diaryl/α,β-unsaturated/α-hetero) is 1. The van der Waals surface area contributed by atoms with Gasteiger partial charge in [0.25, 0.3) is 17.6 Å². The molecule has 43 heavy (non-hydrogen) atoms. The van der Waals surface area contributed by atoms with E-state index in [2.05, 4.69) is 5.32 Å². The summed E-state index contributed by atoms with van der Waals surface area (Å²) in [5.74, 6) is -1.44. The number of aryl methyl sites for hydroxylation is 1. The summed E-state index contributed by atoms with van der Waals surface area (Å²) in [6.45, 7) is 1.63. The summed E-state index contributed by atoms with van der Waals surface area (Å²) >= 11 is 6.18. The third-order valence-electron chi connectivity index (χ3n) is 7.48. The van der Waals surface area contributed by atoms with Gasteiger partial charge < -0.3 is 19.7 Å². The Bertz CT molecular complexity index is 1760. The molecule has 6 rings (SSSR count). The van der Waals surface area contributed by atoms with Gasteiger partial charge in [-0.15, -0.1) is 0 Å². The molecule has 0 unspecified atom stereocenters. The van der Waals surface area contributed by atoms with Crippen molar-refractivity contribution in [3.8, 4) is 11.5 Å². The molecule has 4 aromatic carbocycles. The number of carbonyl (C=O) groups excluding carboxylic acids is 4. The third kappa shape index (κ3) is 5.54. The van der Waals surface area contributed by atoms with E-state index in [0.29, 0.717) is 33.5 Å². The normalized spacial score (nSPS) is 14.0. The minimum Gasteiger partial charge on any atom is -0.454 e. The number of nitrogens with zero attached hydrogens (tertiary/aromatic N) is 2. The zero-order valence-corrected chi connectivity index (χ0v) is 23.8. The van der Waals surface area contributed by atoms with E-state index in [9.17, 15) is 19.2 Å². The van der Waals surface area contributed by atoms with Crippen molar-refractivity contribution in [3.05, 3.63) is 118 Å². The fourth-order valence-corrected chi connectivity index (χ4v) is 5.35. The highest BCUT2D eigenvalue weighted by atomic mass is 35.5. The molecule has 0 bridgehead atoms. The number of amides is 3. The lowest BCUT2D eigenvalue weighted by molar-refractivity contribution is -0.139. The summed E-state index contributed by atoms with van der Waals surface area (Å²) in [4.78, 5) is 56.6. The highest BCUT2D eigenvalue weighted by Crippen LogP contribution is 2.35. The Balaban J connectivity index is 1.39. The van der Waals surface area contributed by atoms with Crippen molar-refractivity contribution in [1.82, 2.24) is 4.90 Å². The number of fused-ring (bicyclic) bond motifs is 2. The largest absolute Gasteiger partial charge is 0.454 e. The van der Waals surface area contributed by atoms with Crippen LogP contribution in [0.1, 0.15) is 33.1 Å². The number of hydrogen-bond acceptors (Lipinski definition) is 6. The van der Waals surface area contributed by atoms with E-state index < -0.39 is 36.1 Å². The molecule has 0 spiro atoms. The van der Waals surface area contributed by atoms with Gasteiger partial charge >= 0.3 is 0 Å². The predicted molar refractivity (Wildman–Crippen MR) is 160 cm³/mol. The highest BCUT2D eigenvalue weighted by molar-refractivity contribution is 6.52. The average molecular weight is 596 g/mol. The second kappa shape index (κ2) is 11.6. The molecule has 0 radical (unpaired) electrons. The first-order chi connectivity index (χ1) is 20.8. The molecule has 4 aromatic rings. The van der Waals surface area contributed by atoms with Gasteiger partial charge in [-0.05, 0) is 60.0 Å². The van der Waals surface area contributed by atoms with Crippen molar-refractivity contribution in [3.63, 3.8) is 0 Å². The Hall–Kier alpha value is -5.15. The third-order valence-corrected chi connectivity index (χ3v) is 7.73. The van der Waals surface area contributed by atoms with Gasteiger partial charge in [0, 0.05) is 23.3 Å². The van der Waals surface area contributed by atoms with Gasteiger partial charge in [0.05, 0.1) is 11.3 Å². The van der Waals surface area contributed by atoms with Gasteiger partial charge in [-0.2, -0.15) is 0 Å². The number of nitrogens with one attached hydrogen (secondary N) is 1. The van der Waals surface area contributed by atoms with Crippen molar-refractivity contribution in [2.24, 2.45) is 0 Å². The molecule has 0 saturated heterocycles. The molecule has 2 heterocycles. The maximum Gasteiger partial charge on any atom is 0.299 e. The molecular weight excluding hydrogens is 570 g/mol. The molecule has 0 fully saturated rings. The van der Waals surface area contributed by atoms with Crippen LogP contribution in [0.3, 0.4) is 0 Å². The molecule has 216 valence electrons. The molecule has 3 amide bonds. The maximum atomic E-state index is 14.2. The maximum absolute atomic E-state index is 14.2. The van der Waals surface area contributed by atoms with Gasteiger partial charge in [0.2, 0.25) is 12.7 Å². The van der Waals surface area contributed by atoms with Crippen LogP contribution in [0, 0.1) is 6.92 Å². The van der Waals surface area contributed by atoms with E-state index >= 15 is 0 Å². The summed E-state index contributed by atoms with van der Waals surface area (Å²) < 4.78 is 10.8. The topological polar surface area (TPSA) is 105 Å². The number of ether oxygens (including phenoxy) is 2. The lowest BCUT2D eigenvalue weighted by Gasteiger charge is -2.33. The number of rotatable bonds is 8. The molecular formula is C33H26ClN3O6. The van der Waals surface area contributed by atoms with Crippen molar-refractivity contribution in [2.45, 2.75) is 19.5 Å². The van der Waals surface area contributed by atoms with Crippen LogP contribution < -0.4 is 19.7 Å². The van der Waals surface area contributed by atoms with Gasteiger partial charge in [-0.1, -0.05) is 60.1 Å². The van der Waals surface area contributed by atoms with Crippen molar-refractivity contribution in [1.29, 1.82) is 0 Å². The molecule has 0 aliphatic carbocycles. The second-order valence-electron chi connectivity index (χ2n) is 10.2. The lowest BCUT2D eigenvalue weighted by Crippen LogP contribution is -2.46. The number of halogens is 1. The number of benzene rings is 4. The minimum absolute atomic E-state index is 0.0605. The molecule has 1 atom stereocenters. The van der Waals surface area contributed by atoms with E-state index in [1.165, 1.54) is 9.80 Å². The van der Waals surface area contributed by atoms with Gasteiger partial charge in [-0.25, -0.2) is 0 Å². The molecule has 2 aliphatic heterocycles. The van der Waals surface area contributed by atoms with Gasteiger partial charge in [-0.3, -0.25) is 24.1 Å². The predicted octanol–water partition coefficient (Wildman–Crippen LogP) is 5.32. The van der Waals surface area contributed by atoms with Gasteiger partial charge in [0.15, 0.2) is 11.5 Å². The number of anilines is 2. The molecule has 1 N–H and O–H groups in total. The molecule has 9 nitrogen and oxygen atoms in total. The van der Waals surface area contributed by atoms with E-state index in [-0.39, 0.29) is 18.9 Å². The highest BCUT2D eigenvalue weighted by Gasteiger charge is 2.39. The van der Waals surface area contributed by atoms with Crippen molar-refractivity contribution >= 4 is 46.5 Å². The first kappa shape index (κ1) is 28.0. The summed E-state index contributed by atoms with van der Waals surface area (Å²) in [5.41, 5.74) is 3.29. The number of carbonyl (C=O) groups is 4. The van der Waals surface area contributed by atoms with Crippen molar-refractivity contribution in [2.75, 3.05) is 23.6 Å². The fraction of sp³-hybridized carbons (Fsp3) is 0.152. The van der Waals surface area contributed by atoms with Crippen LogP contribution >= 0.6 is 11.6 Å². The van der Waals surface area contributed by atoms with Gasteiger partial charge in [0.1, 0.15) is 12.6 Å². The average Bonchev–Trinajstić information content (AvgIpc) is 3.57. The second-order valence-corrected chi connectivity index (χ2v) is 10.6. The monoisotopic (exact) mass is 595 g/mol. The summed E-state index contributed by atoms with van der Waals surface area (Å²) in [6.07, 6.45) is 0. The quantitative estimate of drug-likeness (QED) is 0.277. The Morgan fingerprint density at radius 3 is 2.44 bits per heavy atom. The summed E-state index contributed by atoms with van der Waals surface area (Å²) in [7, 11) is 0.